The number of nitrogens with two attached hydrogens (primary N) is 1. The molecular formula is C14H13NO. The third-order valence-corrected chi connectivity index (χ3v) is 3.11. The third kappa shape index (κ3) is 1.24. The van der Waals surface area contributed by atoms with Crippen LogP contribution in [0.1, 0.15) is 11.1 Å². The average Bonchev–Trinajstić information content (AvgIpc) is 2.71. The van der Waals surface area contributed by atoms with Crippen LogP contribution in [0.2, 0.25) is 0 Å². The van der Waals surface area contributed by atoms with Crippen molar-refractivity contribution in [2.45, 2.75) is 5.54 Å². The summed E-state index contributed by atoms with van der Waals surface area (Å²) in [4.78, 5) is 0. The minimum absolute atomic E-state index is 0.502. The number of para-hydroxylation sites is 1. The van der Waals surface area contributed by atoms with E-state index in [-0.39, 0.29) is 0 Å². The van der Waals surface area contributed by atoms with Crippen molar-refractivity contribution in [1.82, 2.24) is 0 Å². The van der Waals surface area contributed by atoms with E-state index in [9.17, 15) is 0 Å². The van der Waals surface area contributed by atoms with E-state index < -0.39 is 5.54 Å². The van der Waals surface area contributed by atoms with Gasteiger partial charge in [0.15, 0.2) is 0 Å². The van der Waals surface area contributed by atoms with Crippen LogP contribution in [0.3, 0.4) is 0 Å². The highest BCUT2D eigenvalue weighted by Gasteiger charge is 2.38. The molecule has 0 saturated carbocycles. The second kappa shape index (κ2) is 3.35. The molecule has 0 aliphatic carbocycles. The van der Waals surface area contributed by atoms with Crippen molar-refractivity contribution < 1.29 is 4.74 Å². The van der Waals surface area contributed by atoms with Gasteiger partial charge in [-0.15, -0.1) is 0 Å². The van der Waals surface area contributed by atoms with Crippen molar-refractivity contribution in [2.75, 3.05) is 6.61 Å². The molecule has 0 saturated heterocycles. The summed E-state index contributed by atoms with van der Waals surface area (Å²) in [6, 6.07) is 18.1. The highest BCUT2D eigenvalue weighted by atomic mass is 16.5. The smallest absolute Gasteiger partial charge is 0.124 e. The molecule has 2 heteroatoms. The van der Waals surface area contributed by atoms with Gasteiger partial charge in [0.05, 0.1) is 0 Å². The molecule has 16 heavy (non-hydrogen) atoms. The minimum atomic E-state index is -0.502. The van der Waals surface area contributed by atoms with Crippen LogP contribution in [-0.4, -0.2) is 6.61 Å². The molecule has 1 atom stereocenters. The minimum Gasteiger partial charge on any atom is -0.491 e. The molecule has 1 heterocycles. The first-order valence-electron chi connectivity index (χ1n) is 5.37. The van der Waals surface area contributed by atoms with Gasteiger partial charge >= 0.3 is 0 Å². The Kier molecular flexibility index (Phi) is 1.98. The maximum Gasteiger partial charge on any atom is 0.124 e. The predicted molar refractivity (Wildman–Crippen MR) is 63.3 cm³/mol. The lowest BCUT2D eigenvalue weighted by Gasteiger charge is -2.23. The van der Waals surface area contributed by atoms with Gasteiger partial charge in [0.2, 0.25) is 0 Å². The van der Waals surface area contributed by atoms with E-state index in [1.165, 1.54) is 0 Å². The van der Waals surface area contributed by atoms with Gasteiger partial charge in [0.1, 0.15) is 17.9 Å². The molecule has 80 valence electrons. The van der Waals surface area contributed by atoms with Gasteiger partial charge in [-0.1, -0.05) is 48.5 Å². The molecule has 2 nitrogen and oxygen atoms in total. The van der Waals surface area contributed by atoms with Crippen molar-refractivity contribution in [3.63, 3.8) is 0 Å². The van der Waals surface area contributed by atoms with Gasteiger partial charge in [-0.05, 0) is 11.6 Å². The molecule has 0 bridgehead atoms. The van der Waals surface area contributed by atoms with E-state index >= 15 is 0 Å². The zero-order valence-electron chi connectivity index (χ0n) is 8.89. The summed E-state index contributed by atoms with van der Waals surface area (Å²) >= 11 is 0. The zero-order chi connectivity index (χ0) is 11.0. The van der Waals surface area contributed by atoms with E-state index in [1.807, 2.05) is 54.6 Å². The van der Waals surface area contributed by atoms with Crippen molar-refractivity contribution >= 4 is 0 Å². The summed E-state index contributed by atoms with van der Waals surface area (Å²) in [5.41, 5.74) is 8.13. The Balaban J connectivity index is 2.15. The van der Waals surface area contributed by atoms with Crippen molar-refractivity contribution in [2.24, 2.45) is 5.73 Å². The van der Waals surface area contributed by atoms with Crippen LogP contribution in [-0.2, 0) is 5.54 Å². The monoisotopic (exact) mass is 211 g/mol. The van der Waals surface area contributed by atoms with Gasteiger partial charge < -0.3 is 10.5 Å². The largest absolute Gasteiger partial charge is 0.491 e. The molecule has 2 N–H and O–H groups in total. The Morgan fingerprint density at radius 2 is 1.62 bits per heavy atom. The third-order valence-electron chi connectivity index (χ3n) is 3.11. The van der Waals surface area contributed by atoms with Crippen LogP contribution >= 0.6 is 0 Å². The van der Waals surface area contributed by atoms with Gasteiger partial charge in [0, 0.05) is 5.56 Å². The Labute approximate surface area is 94.7 Å². The summed E-state index contributed by atoms with van der Waals surface area (Å²) in [6.07, 6.45) is 0. The van der Waals surface area contributed by atoms with Crippen LogP contribution in [0, 0.1) is 0 Å². The number of ether oxygens (including phenoxy) is 1. The summed E-state index contributed by atoms with van der Waals surface area (Å²) in [5.74, 6) is 0.897. The standard InChI is InChI=1S/C14H13NO/c15-14(11-6-2-1-3-7-11)10-16-13-9-5-4-8-12(13)14/h1-9H,10,15H2/t14-/m1/s1. The van der Waals surface area contributed by atoms with Crippen LogP contribution in [0.15, 0.2) is 54.6 Å². The molecule has 2 aromatic rings. The topological polar surface area (TPSA) is 35.2 Å². The van der Waals surface area contributed by atoms with E-state index in [1.54, 1.807) is 0 Å². The van der Waals surface area contributed by atoms with Crippen molar-refractivity contribution in [1.29, 1.82) is 0 Å². The Morgan fingerprint density at radius 3 is 2.44 bits per heavy atom. The zero-order valence-corrected chi connectivity index (χ0v) is 8.89. The van der Waals surface area contributed by atoms with Crippen molar-refractivity contribution in [3.05, 3.63) is 65.7 Å². The molecule has 0 radical (unpaired) electrons. The first-order valence-corrected chi connectivity index (χ1v) is 5.37. The number of hydrogen-bond acceptors (Lipinski definition) is 2. The van der Waals surface area contributed by atoms with Gasteiger partial charge in [-0.25, -0.2) is 0 Å². The predicted octanol–water partition coefficient (Wildman–Crippen LogP) is 2.28. The number of rotatable bonds is 1. The van der Waals surface area contributed by atoms with Gasteiger partial charge in [-0.2, -0.15) is 0 Å². The quantitative estimate of drug-likeness (QED) is 0.785. The number of hydrogen-bond donors (Lipinski definition) is 1. The van der Waals surface area contributed by atoms with Crippen LogP contribution in [0.4, 0.5) is 0 Å². The summed E-state index contributed by atoms with van der Waals surface area (Å²) < 4.78 is 5.64. The summed E-state index contributed by atoms with van der Waals surface area (Å²) in [7, 11) is 0. The van der Waals surface area contributed by atoms with Crippen LogP contribution in [0.5, 0.6) is 5.75 Å². The lowest BCUT2D eigenvalue weighted by atomic mass is 9.86. The first kappa shape index (κ1) is 9.43. The van der Waals surface area contributed by atoms with Gasteiger partial charge in [-0.3, -0.25) is 0 Å². The average molecular weight is 211 g/mol. The second-order valence-electron chi connectivity index (χ2n) is 4.12. The molecule has 0 unspecified atom stereocenters. The maximum atomic E-state index is 6.47. The Bertz CT molecular complexity index is 509. The summed E-state index contributed by atoms with van der Waals surface area (Å²) in [6.45, 7) is 0.510. The van der Waals surface area contributed by atoms with E-state index in [2.05, 4.69) is 0 Å². The Morgan fingerprint density at radius 1 is 0.938 bits per heavy atom. The van der Waals surface area contributed by atoms with E-state index in [0.717, 1.165) is 16.9 Å². The molecule has 0 aromatic heterocycles. The summed E-state index contributed by atoms with van der Waals surface area (Å²) in [5, 5.41) is 0. The van der Waals surface area contributed by atoms with Crippen LogP contribution < -0.4 is 10.5 Å². The fourth-order valence-corrected chi connectivity index (χ4v) is 2.20. The molecule has 0 fully saturated rings. The lowest BCUT2D eigenvalue weighted by molar-refractivity contribution is 0.295. The normalized spacial score (nSPS) is 22.6. The first-order chi connectivity index (χ1) is 7.81. The van der Waals surface area contributed by atoms with Gasteiger partial charge in [0.25, 0.3) is 0 Å². The molecule has 0 spiro atoms. The SMILES string of the molecule is N[C@@]1(c2ccccc2)COc2ccccc21. The molecule has 1 aliphatic heterocycles. The molecule has 3 rings (SSSR count). The number of benzene rings is 2. The highest BCUT2D eigenvalue weighted by molar-refractivity contribution is 5.49. The maximum absolute atomic E-state index is 6.47. The molecule has 2 aromatic carbocycles. The molecule has 0 amide bonds. The van der Waals surface area contributed by atoms with E-state index in [4.69, 9.17) is 10.5 Å². The van der Waals surface area contributed by atoms with Crippen molar-refractivity contribution in [3.8, 4) is 5.75 Å². The van der Waals surface area contributed by atoms with Crippen LogP contribution in [0.25, 0.3) is 0 Å². The fraction of sp³-hybridized carbons (Fsp3) is 0.143. The lowest BCUT2D eigenvalue weighted by Crippen LogP contribution is -2.39. The molecular weight excluding hydrogens is 198 g/mol. The fourth-order valence-electron chi connectivity index (χ4n) is 2.20. The second-order valence-corrected chi connectivity index (χ2v) is 4.12. The Hall–Kier alpha value is -1.80. The van der Waals surface area contributed by atoms with E-state index in [0.29, 0.717) is 6.61 Å². The molecule has 1 aliphatic rings. The highest BCUT2D eigenvalue weighted by Crippen LogP contribution is 2.39. The number of fused-ring (bicyclic) bond motifs is 1.